The molecule has 2 amide bonds. The maximum atomic E-state index is 13.4. The second-order valence-electron chi connectivity index (χ2n) is 10.1. The number of hydrogen-bond acceptors (Lipinski definition) is 4. The molecule has 0 radical (unpaired) electrons. The van der Waals surface area contributed by atoms with Crippen molar-refractivity contribution >= 4 is 23.2 Å². The molecule has 3 atom stereocenters. The summed E-state index contributed by atoms with van der Waals surface area (Å²) in [7, 11) is 0. The fraction of sp³-hybridized carbons (Fsp3) is 0.538. The Balaban J connectivity index is 1.40. The van der Waals surface area contributed by atoms with Gasteiger partial charge in [0.25, 0.3) is 0 Å². The molecule has 0 spiro atoms. The molecule has 1 aromatic carbocycles. The number of nitrogens with one attached hydrogen (secondary N) is 1. The predicted molar refractivity (Wildman–Crippen MR) is 128 cm³/mol. The maximum absolute atomic E-state index is 13.4. The number of β-amino-alcohol motifs (C(OH)–C–C–N with tert-alkyl or cyclic N) is 1. The van der Waals surface area contributed by atoms with E-state index in [1.165, 1.54) is 16.0 Å². The van der Waals surface area contributed by atoms with E-state index in [9.17, 15) is 14.7 Å². The van der Waals surface area contributed by atoms with Crippen LogP contribution in [-0.4, -0.2) is 40.5 Å². The summed E-state index contributed by atoms with van der Waals surface area (Å²) in [5, 5.41) is 15.3. The minimum absolute atomic E-state index is 0.0207. The van der Waals surface area contributed by atoms with Crippen LogP contribution in [0.3, 0.4) is 0 Å². The van der Waals surface area contributed by atoms with Gasteiger partial charge in [0.2, 0.25) is 11.8 Å². The first kappa shape index (κ1) is 23.0. The zero-order valence-electron chi connectivity index (χ0n) is 19.4. The van der Waals surface area contributed by atoms with E-state index in [4.69, 9.17) is 0 Å². The molecule has 1 saturated carbocycles. The van der Waals surface area contributed by atoms with Gasteiger partial charge in [0.1, 0.15) is 6.04 Å². The number of thiophene rings is 1. The maximum Gasteiger partial charge on any atom is 0.243 e. The molecule has 0 bridgehead atoms. The van der Waals surface area contributed by atoms with Crippen molar-refractivity contribution in [3.63, 3.8) is 0 Å². The van der Waals surface area contributed by atoms with Crippen molar-refractivity contribution in [3.05, 3.63) is 46.8 Å². The van der Waals surface area contributed by atoms with E-state index in [2.05, 4.69) is 56.6 Å². The normalized spacial score (nSPS) is 22.8. The topological polar surface area (TPSA) is 69.6 Å². The molecule has 1 aliphatic carbocycles. The molecular formula is C26H34N2O3S. The van der Waals surface area contributed by atoms with E-state index in [1.807, 2.05) is 12.1 Å². The predicted octanol–water partition coefficient (Wildman–Crippen LogP) is 4.37. The lowest BCUT2D eigenvalue weighted by Crippen LogP contribution is -2.49. The van der Waals surface area contributed by atoms with Gasteiger partial charge in [-0.3, -0.25) is 9.59 Å². The Labute approximate surface area is 194 Å². The van der Waals surface area contributed by atoms with Crippen molar-refractivity contribution in [1.29, 1.82) is 0 Å². The molecule has 32 heavy (non-hydrogen) atoms. The summed E-state index contributed by atoms with van der Waals surface area (Å²) in [6.07, 6.45) is 1.75. The number of rotatable bonds is 7. The van der Waals surface area contributed by atoms with Crippen molar-refractivity contribution in [2.24, 2.45) is 17.3 Å². The Hall–Kier alpha value is -2.18. The summed E-state index contributed by atoms with van der Waals surface area (Å²) in [4.78, 5) is 29.3. The first-order valence-corrected chi connectivity index (χ1v) is 12.5. The number of aliphatic hydroxyl groups is 1. The zero-order valence-corrected chi connectivity index (χ0v) is 20.2. The van der Waals surface area contributed by atoms with Gasteiger partial charge < -0.3 is 15.3 Å². The Morgan fingerprint density at radius 3 is 2.47 bits per heavy atom. The van der Waals surface area contributed by atoms with Crippen LogP contribution in [0.25, 0.3) is 10.4 Å². The molecule has 1 aliphatic heterocycles. The lowest BCUT2D eigenvalue weighted by molar-refractivity contribution is -0.145. The number of carbonyl (C=O) groups is 2. The van der Waals surface area contributed by atoms with E-state index in [1.54, 1.807) is 16.2 Å². The summed E-state index contributed by atoms with van der Waals surface area (Å²) in [5.41, 5.74) is 3.48. The summed E-state index contributed by atoms with van der Waals surface area (Å²) < 4.78 is 0. The van der Waals surface area contributed by atoms with Crippen LogP contribution in [0.4, 0.5) is 0 Å². The molecule has 172 valence electrons. The van der Waals surface area contributed by atoms with Gasteiger partial charge in [0.05, 0.1) is 6.10 Å². The van der Waals surface area contributed by atoms with Crippen molar-refractivity contribution in [2.75, 3.05) is 6.54 Å². The Morgan fingerprint density at radius 1 is 1.22 bits per heavy atom. The molecule has 1 aromatic heterocycles. The lowest BCUT2D eigenvalue weighted by Gasteiger charge is -2.33. The van der Waals surface area contributed by atoms with Crippen LogP contribution in [0.2, 0.25) is 0 Å². The molecule has 4 rings (SSSR count). The highest BCUT2D eigenvalue weighted by Gasteiger charge is 2.52. The molecule has 2 aliphatic rings. The summed E-state index contributed by atoms with van der Waals surface area (Å²) in [6, 6.07) is 9.74. The SMILES string of the molecule is Cc1ccsc1-c1ccc(CNC(=O)[C@@H]2C[C@@H](O)CN2C(=O)[C@@H](C(C)C)C2(C)CC2)cc1. The standard InChI is InChI=1S/C26H34N2O3S/c1-16(2)22(26(4)10-11-26)25(31)28-15-20(29)13-21(28)24(30)27-14-18-5-7-19(8-6-18)23-17(3)9-12-32-23/h5-9,12,16,20-22,29H,10-11,13-15H2,1-4H3,(H,27,30)/t20-,21+,22-/m1/s1. The number of aliphatic hydroxyl groups excluding tert-OH is 1. The van der Waals surface area contributed by atoms with Gasteiger partial charge in [0.15, 0.2) is 0 Å². The van der Waals surface area contributed by atoms with Gasteiger partial charge in [0, 0.05) is 30.3 Å². The van der Waals surface area contributed by atoms with Gasteiger partial charge >= 0.3 is 0 Å². The molecule has 0 unspecified atom stereocenters. The van der Waals surface area contributed by atoms with Gasteiger partial charge in [-0.05, 0) is 59.2 Å². The third-order valence-electron chi connectivity index (χ3n) is 7.13. The molecule has 5 nitrogen and oxygen atoms in total. The van der Waals surface area contributed by atoms with E-state index >= 15 is 0 Å². The van der Waals surface area contributed by atoms with Crippen LogP contribution < -0.4 is 5.32 Å². The van der Waals surface area contributed by atoms with Crippen molar-refractivity contribution in [2.45, 2.75) is 65.6 Å². The van der Waals surface area contributed by atoms with Gasteiger partial charge in [-0.1, -0.05) is 45.0 Å². The van der Waals surface area contributed by atoms with Crippen LogP contribution in [-0.2, 0) is 16.1 Å². The van der Waals surface area contributed by atoms with Crippen LogP contribution in [0.5, 0.6) is 0 Å². The second kappa shape index (κ2) is 8.99. The summed E-state index contributed by atoms with van der Waals surface area (Å²) in [6.45, 7) is 9.08. The molecule has 6 heteroatoms. The molecule has 2 N–H and O–H groups in total. The molecule has 2 aromatic rings. The quantitative estimate of drug-likeness (QED) is 0.653. The number of amides is 2. The zero-order chi connectivity index (χ0) is 23.0. The Kier molecular flexibility index (Phi) is 6.46. The van der Waals surface area contributed by atoms with Gasteiger partial charge in [-0.15, -0.1) is 11.3 Å². The summed E-state index contributed by atoms with van der Waals surface area (Å²) >= 11 is 1.73. The number of likely N-dealkylation sites (tertiary alicyclic amines) is 1. The van der Waals surface area contributed by atoms with E-state index in [0.29, 0.717) is 13.0 Å². The smallest absolute Gasteiger partial charge is 0.243 e. The largest absolute Gasteiger partial charge is 0.391 e. The van der Waals surface area contributed by atoms with Gasteiger partial charge in [-0.25, -0.2) is 0 Å². The van der Waals surface area contributed by atoms with Crippen molar-refractivity contribution < 1.29 is 14.7 Å². The number of hydrogen-bond donors (Lipinski definition) is 2. The van der Waals surface area contributed by atoms with Crippen LogP contribution in [0, 0.1) is 24.2 Å². The average molecular weight is 455 g/mol. The third-order valence-corrected chi connectivity index (χ3v) is 8.20. The van der Waals surface area contributed by atoms with Crippen LogP contribution >= 0.6 is 11.3 Å². The minimum Gasteiger partial charge on any atom is -0.391 e. The van der Waals surface area contributed by atoms with E-state index in [-0.39, 0.29) is 35.6 Å². The van der Waals surface area contributed by atoms with Crippen molar-refractivity contribution in [3.8, 4) is 10.4 Å². The third kappa shape index (κ3) is 4.62. The van der Waals surface area contributed by atoms with Crippen LogP contribution in [0.1, 0.15) is 51.2 Å². The average Bonchev–Trinajstić information content (AvgIpc) is 3.15. The number of nitrogens with zero attached hydrogens (tertiary/aromatic N) is 1. The fourth-order valence-electron chi connectivity index (χ4n) is 5.13. The first-order valence-electron chi connectivity index (χ1n) is 11.6. The first-order chi connectivity index (χ1) is 15.2. The number of benzene rings is 1. The fourth-order valence-corrected chi connectivity index (χ4v) is 6.06. The van der Waals surface area contributed by atoms with Gasteiger partial charge in [-0.2, -0.15) is 0 Å². The number of carbonyl (C=O) groups excluding carboxylic acids is 2. The number of aryl methyl sites for hydroxylation is 1. The highest BCUT2D eigenvalue weighted by Crippen LogP contribution is 2.54. The Bertz CT molecular complexity index is 977. The van der Waals surface area contributed by atoms with E-state index < -0.39 is 12.1 Å². The minimum atomic E-state index is -0.650. The highest BCUT2D eigenvalue weighted by atomic mass is 32.1. The lowest BCUT2D eigenvalue weighted by atomic mass is 9.80. The molecule has 2 fully saturated rings. The molecular weight excluding hydrogens is 420 g/mol. The van der Waals surface area contributed by atoms with Crippen LogP contribution in [0.15, 0.2) is 35.7 Å². The van der Waals surface area contributed by atoms with E-state index in [0.717, 1.165) is 18.4 Å². The highest BCUT2D eigenvalue weighted by molar-refractivity contribution is 7.13. The second-order valence-corrected chi connectivity index (χ2v) is 11.0. The van der Waals surface area contributed by atoms with Crippen molar-refractivity contribution in [1.82, 2.24) is 10.2 Å². The monoisotopic (exact) mass is 454 g/mol. The Morgan fingerprint density at radius 2 is 1.91 bits per heavy atom. The molecule has 1 saturated heterocycles. The summed E-state index contributed by atoms with van der Waals surface area (Å²) in [5.74, 6) is -0.0535. The molecule has 2 heterocycles.